The molecule has 1 N–H and O–H groups in total. The molecule has 0 aromatic carbocycles. The Labute approximate surface area is 125 Å². The van der Waals surface area contributed by atoms with Crippen LogP contribution in [0, 0.1) is 0 Å². The molecule has 0 bridgehead atoms. The number of hydrogen-bond donors (Lipinski definition) is 1. The van der Waals surface area contributed by atoms with E-state index in [2.05, 4.69) is 25.2 Å². The van der Waals surface area contributed by atoms with Crippen molar-refractivity contribution in [1.82, 2.24) is 15.0 Å². The van der Waals surface area contributed by atoms with Gasteiger partial charge in [-0.3, -0.25) is 0 Å². The zero-order valence-electron chi connectivity index (χ0n) is 11.8. The molecule has 2 fully saturated rings. The number of aromatic nitrogens is 3. The van der Waals surface area contributed by atoms with E-state index in [1.165, 1.54) is 51.4 Å². The Morgan fingerprint density at radius 1 is 0.900 bits per heavy atom. The molecule has 0 spiro atoms. The van der Waals surface area contributed by atoms with Crippen LogP contribution in [0.1, 0.15) is 51.4 Å². The van der Waals surface area contributed by atoms with E-state index in [0.717, 1.165) is 19.0 Å². The van der Waals surface area contributed by atoms with Gasteiger partial charge in [-0.15, -0.1) is 0 Å². The van der Waals surface area contributed by atoms with Crippen LogP contribution in [0.25, 0.3) is 0 Å². The van der Waals surface area contributed by atoms with Crippen molar-refractivity contribution in [2.24, 2.45) is 0 Å². The highest BCUT2D eigenvalue weighted by Gasteiger charge is 2.18. The molecule has 3 rings (SSSR count). The second kappa shape index (κ2) is 6.57. The first-order chi connectivity index (χ1) is 9.81. The van der Waals surface area contributed by atoms with Crippen LogP contribution in [-0.2, 0) is 0 Å². The molecule has 110 valence electrons. The van der Waals surface area contributed by atoms with Gasteiger partial charge < -0.3 is 10.2 Å². The normalized spacial score (nSPS) is 20.9. The number of hydrogen-bond acceptors (Lipinski definition) is 5. The number of anilines is 2. The molecule has 1 aromatic rings. The van der Waals surface area contributed by atoms with Crippen molar-refractivity contribution < 1.29 is 0 Å². The summed E-state index contributed by atoms with van der Waals surface area (Å²) in [5.41, 5.74) is 0. The summed E-state index contributed by atoms with van der Waals surface area (Å²) in [6.07, 6.45) is 10.0. The van der Waals surface area contributed by atoms with Crippen LogP contribution in [0.5, 0.6) is 0 Å². The molecule has 6 heteroatoms. The summed E-state index contributed by atoms with van der Waals surface area (Å²) in [7, 11) is 0. The SMILES string of the molecule is Clc1nc(NC2CCCCC2)nc(N2CCCCC2)n1. The Morgan fingerprint density at radius 2 is 1.60 bits per heavy atom. The number of halogens is 1. The van der Waals surface area contributed by atoms with Gasteiger partial charge in [-0.25, -0.2) is 0 Å². The van der Waals surface area contributed by atoms with Crippen LogP contribution < -0.4 is 10.2 Å². The molecule has 1 aromatic heterocycles. The van der Waals surface area contributed by atoms with Crippen LogP contribution in [-0.4, -0.2) is 34.1 Å². The van der Waals surface area contributed by atoms with E-state index >= 15 is 0 Å². The summed E-state index contributed by atoms with van der Waals surface area (Å²) < 4.78 is 0. The summed E-state index contributed by atoms with van der Waals surface area (Å²) in [5.74, 6) is 1.36. The molecule has 1 saturated heterocycles. The fourth-order valence-corrected chi connectivity index (χ4v) is 3.22. The molecule has 0 unspecified atom stereocenters. The fourth-order valence-electron chi connectivity index (χ4n) is 3.07. The molecule has 1 saturated carbocycles. The van der Waals surface area contributed by atoms with Gasteiger partial charge in [-0.2, -0.15) is 15.0 Å². The number of nitrogens with zero attached hydrogens (tertiary/aromatic N) is 4. The molecule has 2 heterocycles. The number of rotatable bonds is 3. The third kappa shape index (κ3) is 3.51. The van der Waals surface area contributed by atoms with Gasteiger partial charge in [0.15, 0.2) is 0 Å². The first-order valence-electron chi connectivity index (χ1n) is 7.74. The molecule has 5 nitrogen and oxygen atoms in total. The molecule has 1 aliphatic heterocycles. The Bertz CT molecular complexity index is 441. The van der Waals surface area contributed by atoms with E-state index in [-0.39, 0.29) is 0 Å². The summed E-state index contributed by atoms with van der Waals surface area (Å²) in [6.45, 7) is 2.03. The second-order valence-electron chi connectivity index (χ2n) is 5.76. The molecule has 0 radical (unpaired) electrons. The topological polar surface area (TPSA) is 53.9 Å². The smallest absolute Gasteiger partial charge is 0.231 e. The minimum Gasteiger partial charge on any atom is -0.351 e. The summed E-state index contributed by atoms with van der Waals surface area (Å²) in [4.78, 5) is 15.3. The predicted molar refractivity (Wildman–Crippen MR) is 81.4 cm³/mol. The highest BCUT2D eigenvalue weighted by Crippen LogP contribution is 2.22. The monoisotopic (exact) mass is 295 g/mol. The fraction of sp³-hybridized carbons (Fsp3) is 0.786. The maximum absolute atomic E-state index is 6.06. The summed E-state index contributed by atoms with van der Waals surface area (Å²) in [6, 6.07) is 0.483. The first kappa shape index (κ1) is 13.9. The zero-order chi connectivity index (χ0) is 13.8. The first-order valence-corrected chi connectivity index (χ1v) is 8.12. The summed E-state index contributed by atoms with van der Waals surface area (Å²) in [5, 5.41) is 3.72. The van der Waals surface area contributed by atoms with Crippen molar-refractivity contribution in [3.63, 3.8) is 0 Å². The van der Waals surface area contributed by atoms with E-state index in [9.17, 15) is 0 Å². The van der Waals surface area contributed by atoms with E-state index < -0.39 is 0 Å². The molecular formula is C14H22ClN5. The predicted octanol–water partition coefficient (Wildman–Crippen LogP) is 3.26. The van der Waals surface area contributed by atoms with Gasteiger partial charge in [0, 0.05) is 19.1 Å². The third-order valence-corrected chi connectivity index (χ3v) is 4.34. The van der Waals surface area contributed by atoms with Gasteiger partial charge in [0.1, 0.15) is 0 Å². The largest absolute Gasteiger partial charge is 0.351 e. The van der Waals surface area contributed by atoms with E-state index in [0.29, 0.717) is 17.3 Å². The number of nitrogens with one attached hydrogen (secondary N) is 1. The van der Waals surface area contributed by atoms with E-state index in [4.69, 9.17) is 11.6 Å². The van der Waals surface area contributed by atoms with Gasteiger partial charge in [0.05, 0.1) is 0 Å². The average molecular weight is 296 g/mol. The highest BCUT2D eigenvalue weighted by atomic mass is 35.5. The molecule has 2 aliphatic rings. The minimum atomic E-state index is 0.291. The van der Waals surface area contributed by atoms with Crippen molar-refractivity contribution in [2.75, 3.05) is 23.3 Å². The lowest BCUT2D eigenvalue weighted by molar-refractivity contribution is 0.460. The Kier molecular flexibility index (Phi) is 4.55. The highest BCUT2D eigenvalue weighted by molar-refractivity contribution is 6.28. The standard InChI is InChI=1S/C14H22ClN5/c15-12-17-13(16-11-7-3-1-4-8-11)19-14(18-12)20-9-5-2-6-10-20/h11H,1-10H2,(H,16,17,18,19). The molecule has 0 atom stereocenters. The minimum absolute atomic E-state index is 0.291. The van der Waals surface area contributed by atoms with Crippen molar-refractivity contribution >= 4 is 23.5 Å². The van der Waals surface area contributed by atoms with Gasteiger partial charge in [0.25, 0.3) is 0 Å². The van der Waals surface area contributed by atoms with Gasteiger partial charge in [0.2, 0.25) is 17.2 Å². The summed E-state index contributed by atoms with van der Waals surface area (Å²) >= 11 is 6.06. The van der Waals surface area contributed by atoms with E-state index in [1.54, 1.807) is 0 Å². The Balaban J connectivity index is 1.71. The van der Waals surface area contributed by atoms with Gasteiger partial charge >= 0.3 is 0 Å². The Hall–Kier alpha value is -1.10. The average Bonchev–Trinajstić information content (AvgIpc) is 2.49. The molecule has 0 amide bonds. The van der Waals surface area contributed by atoms with E-state index in [1.807, 2.05) is 0 Å². The maximum atomic E-state index is 6.06. The van der Waals surface area contributed by atoms with Crippen LogP contribution >= 0.6 is 11.6 Å². The van der Waals surface area contributed by atoms with Crippen LogP contribution in [0.3, 0.4) is 0 Å². The lowest BCUT2D eigenvalue weighted by Gasteiger charge is -2.27. The maximum Gasteiger partial charge on any atom is 0.231 e. The lowest BCUT2D eigenvalue weighted by atomic mass is 9.96. The van der Waals surface area contributed by atoms with Gasteiger partial charge in [-0.1, -0.05) is 19.3 Å². The Morgan fingerprint density at radius 3 is 2.35 bits per heavy atom. The van der Waals surface area contributed by atoms with Gasteiger partial charge in [-0.05, 0) is 43.7 Å². The quantitative estimate of drug-likeness (QED) is 0.927. The van der Waals surface area contributed by atoms with Crippen LogP contribution in [0.2, 0.25) is 5.28 Å². The van der Waals surface area contributed by atoms with Crippen LogP contribution in [0.15, 0.2) is 0 Å². The lowest BCUT2D eigenvalue weighted by Crippen LogP contribution is -2.32. The van der Waals surface area contributed by atoms with Crippen molar-refractivity contribution in [2.45, 2.75) is 57.4 Å². The second-order valence-corrected chi connectivity index (χ2v) is 6.09. The van der Waals surface area contributed by atoms with Crippen molar-refractivity contribution in [3.05, 3.63) is 5.28 Å². The number of piperidine rings is 1. The van der Waals surface area contributed by atoms with Crippen molar-refractivity contribution in [1.29, 1.82) is 0 Å². The zero-order valence-corrected chi connectivity index (χ0v) is 12.6. The third-order valence-electron chi connectivity index (χ3n) is 4.17. The van der Waals surface area contributed by atoms with Crippen molar-refractivity contribution in [3.8, 4) is 0 Å². The molecular weight excluding hydrogens is 274 g/mol. The molecule has 1 aliphatic carbocycles. The van der Waals surface area contributed by atoms with Crippen LogP contribution in [0.4, 0.5) is 11.9 Å². The molecule has 20 heavy (non-hydrogen) atoms.